The van der Waals surface area contributed by atoms with E-state index in [-0.39, 0.29) is 33.8 Å². The molecule has 15 heteroatoms. The van der Waals surface area contributed by atoms with E-state index in [1.54, 1.807) is 0 Å². The Morgan fingerprint density at radius 1 is 0.854 bits per heavy atom. The van der Waals surface area contributed by atoms with E-state index in [9.17, 15) is 45.6 Å². The van der Waals surface area contributed by atoms with Gasteiger partial charge in [-0.1, -0.05) is 0 Å². The quantitative estimate of drug-likeness (QED) is 0.127. The second kappa shape index (κ2) is 11.4. The molecule has 9 unspecified atom stereocenters. The second-order valence-electron chi connectivity index (χ2n) is 9.68. The highest BCUT2D eigenvalue weighted by atomic mass is 17.2. The molecule has 0 bridgehead atoms. The minimum absolute atomic E-state index is 0.0946. The third-order valence-electron chi connectivity index (χ3n) is 6.78. The maximum atomic E-state index is 13.5. The largest absolute Gasteiger partial charge is 0.508 e. The molecular formula is C26H28O15. The summed E-state index contributed by atoms with van der Waals surface area (Å²) in [6.45, 7) is 1.06. The monoisotopic (exact) mass is 580 g/mol. The summed E-state index contributed by atoms with van der Waals surface area (Å²) in [6, 6.07) is 7.60. The molecular weight excluding hydrogens is 552 g/mol. The Bertz CT molecular complexity index is 1440. The number of phenolic OH excluding ortho intramolecular Hbond substituents is 2. The molecule has 2 aromatic carbocycles. The van der Waals surface area contributed by atoms with Crippen LogP contribution in [0.15, 0.2) is 45.6 Å². The van der Waals surface area contributed by atoms with Crippen molar-refractivity contribution in [1.29, 1.82) is 0 Å². The van der Waals surface area contributed by atoms with Crippen LogP contribution < -0.4 is 15.1 Å². The number of aliphatic hydroxyl groups excluding tert-OH is 6. The zero-order chi connectivity index (χ0) is 29.6. The van der Waals surface area contributed by atoms with Crippen LogP contribution >= 0.6 is 0 Å². The van der Waals surface area contributed by atoms with E-state index < -0.39 is 78.8 Å². The van der Waals surface area contributed by atoms with Crippen molar-refractivity contribution >= 4 is 11.0 Å². The first-order valence-corrected chi connectivity index (χ1v) is 12.4. The third kappa shape index (κ3) is 5.54. The Hall–Kier alpha value is -3.51. The van der Waals surface area contributed by atoms with Gasteiger partial charge in [0.2, 0.25) is 18.0 Å². The number of ether oxygens (including phenoxy) is 3. The molecule has 0 amide bonds. The topological polar surface area (TPSA) is 238 Å². The zero-order valence-electron chi connectivity index (χ0n) is 21.3. The van der Waals surface area contributed by atoms with Crippen molar-refractivity contribution < 1.29 is 69.3 Å². The summed E-state index contributed by atoms with van der Waals surface area (Å²) in [4.78, 5) is 23.8. The molecule has 1 aromatic heterocycles. The third-order valence-corrected chi connectivity index (χ3v) is 6.78. The van der Waals surface area contributed by atoms with Crippen molar-refractivity contribution in [2.75, 3.05) is 6.61 Å². The number of hydrogen-bond donors (Lipinski definition) is 8. The highest BCUT2D eigenvalue weighted by Gasteiger charge is 2.43. The Kier molecular flexibility index (Phi) is 8.06. The molecule has 222 valence electrons. The lowest BCUT2D eigenvalue weighted by Crippen LogP contribution is -2.58. The Morgan fingerprint density at radius 3 is 2.24 bits per heavy atom. The molecule has 3 heterocycles. The van der Waals surface area contributed by atoms with Crippen molar-refractivity contribution in [1.82, 2.24) is 0 Å². The first-order chi connectivity index (χ1) is 19.5. The lowest BCUT2D eigenvalue weighted by molar-refractivity contribution is -0.371. The van der Waals surface area contributed by atoms with Gasteiger partial charge in [0.1, 0.15) is 64.8 Å². The van der Waals surface area contributed by atoms with Crippen LogP contribution in [-0.4, -0.2) is 103 Å². The number of rotatable bonds is 6. The maximum Gasteiger partial charge on any atom is 0.256 e. The van der Waals surface area contributed by atoms with E-state index in [1.165, 1.54) is 37.3 Å². The van der Waals surface area contributed by atoms with Crippen LogP contribution in [0.25, 0.3) is 22.3 Å². The first-order valence-electron chi connectivity index (χ1n) is 12.4. The minimum Gasteiger partial charge on any atom is -0.508 e. The van der Waals surface area contributed by atoms with Crippen LogP contribution in [0.1, 0.15) is 6.92 Å². The van der Waals surface area contributed by atoms with Crippen molar-refractivity contribution in [3.05, 3.63) is 46.6 Å². The van der Waals surface area contributed by atoms with E-state index in [4.69, 9.17) is 28.4 Å². The fourth-order valence-corrected chi connectivity index (χ4v) is 4.41. The number of phenols is 2. The Labute approximate surface area is 230 Å². The molecule has 15 nitrogen and oxygen atoms in total. The van der Waals surface area contributed by atoms with Gasteiger partial charge in [0, 0.05) is 17.7 Å². The molecule has 0 saturated carbocycles. The van der Waals surface area contributed by atoms with Crippen molar-refractivity contribution in [3.63, 3.8) is 0 Å². The van der Waals surface area contributed by atoms with Crippen molar-refractivity contribution in [2.24, 2.45) is 0 Å². The lowest BCUT2D eigenvalue weighted by atomic mass is 10.00. The summed E-state index contributed by atoms with van der Waals surface area (Å²) < 4.78 is 22.0. The number of fused-ring (bicyclic) bond motifs is 1. The molecule has 0 spiro atoms. The Morgan fingerprint density at radius 2 is 1.54 bits per heavy atom. The molecule has 9 atom stereocenters. The molecule has 0 radical (unpaired) electrons. The number of aromatic hydroxyl groups is 2. The van der Waals surface area contributed by atoms with E-state index in [0.29, 0.717) is 0 Å². The normalized spacial score (nSPS) is 32.1. The molecule has 5 rings (SSSR count). The van der Waals surface area contributed by atoms with Crippen molar-refractivity contribution in [3.8, 4) is 34.3 Å². The van der Waals surface area contributed by atoms with E-state index in [1.807, 2.05) is 0 Å². The second-order valence-corrected chi connectivity index (χ2v) is 9.68. The van der Waals surface area contributed by atoms with Crippen LogP contribution in [0.2, 0.25) is 0 Å². The van der Waals surface area contributed by atoms with Gasteiger partial charge in [0.15, 0.2) is 5.76 Å². The average molecular weight is 580 g/mol. The number of hydrogen-bond acceptors (Lipinski definition) is 15. The summed E-state index contributed by atoms with van der Waals surface area (Å²) in [5, 5.41) is 80.0. The molecule has 2 saturated heterocycles. The summed E-state index contributed by atoms with van der Waals surface area (Å²) in [5.74, 6) is -1.71. The van der Waals surface area contributed by atoms with Crippen LogP contribution in [0.4, 0.5) is 0 Å². The molecule has 8 N–H and O–H groups in total. The molecule has 41 heavy (non-hydrogen) atoms. The van der Waals surface area contributed by atoms with Gasteiger partial charge in [-0.05, 0) is 31.2 Å². The van der Waals surface area contributed by atoms with Gasteiger partial charge >= 0.3 is 0 Å². The summed E-state index contributed by atoms with van der Waals surface area (Å²) in [6.07, 6.45) is -13.3. The number of aliphatic hydroxyl groups is 6. The van der Waals surface area contributed by atoms with E-state index >= 15 is 0 Å². The number of benzene rings is 2. The van der Waals surface area contributed by atoms with Crippen LogP contribution in [0, 0.1) is 0 Å². The van der Waals surface area contributed by atoms with Gasteiger partial charge in [-0.2, -0.15) is 4.89 Å². The van der Waals surface area contributed by atoms with E-state index in [0.717, 1.165) is 6.07 Å². The molecule has 2 fully saturated rings. The molecule has 0 aliphatic carbocycles. The summed E-state index contributed by atoms with van der Waals surface area (Å²) >= 11 is 0. The van der Waals surface area contributed by atoms with Crippen LogP contribution in [-0.2, 0) is 14.4 Å². The summed E-state index contributed by atoms with van der Waals surface area (Å²) in [5.41, 5.74) is -0.944. The average Bonchev–Trinajstić information content (AvgIpc) is 2.94. The zero-order valence-corrected chi connectivity index (χ0v) is 21.3. The fraction of sp³-hybridized carbons (Fsp3) is 0.423. The van der Waals surface area contributed by atoms with Gasteiger partial charge in [0.25, 0.3) is 5.75 Å². The van der Waals surface area contributed by atoms with Gasteiger partial charge in [-0.25, -0.2) is 0 Å². The van der Waals surface area contributed by atoms with Crippen LogP contribution in [0.5, 0.6) is 23.0 Å². The highest BCUT2D eigenvalue weighted by molar-refractivity contribution is 5.88. The highest BCUT2D eigenvalue weighted by Crippen LogP contribution is 2.37. The van der Waals surface area contributed by atoms with Gasteiger partial charge in [0.05, 0.1) is 12.7 Å². The van der Waals surface area contributed by atoms with E-state index in [2.05, 4.69) is 0 Å². The molecule has 2 aliphatic heterocycles. The SMILES string of the molecule is CC1OC(Oc2cc(O)c3c(=O)c(OOC4OCC(O)C(O)C4O)c(-c4ccc(O)cc4)oc3c2)C(O)C(O)C1O. The van der Waals surface area contributed by atoms with Gasteiger partial charge < -0.3 is 64.4 Å². The van der Waals surface area contributed by atoms with Gasteiger partial charge in [-0.3, -0.25) is 4.79 Å². The predicted molar refractivity (Wildman–Crippen MR) is 134 cm³/mol. The Balaban J connectivity index is 1.52. The fourth-order valence-electron chi connectivity index (χ4n) is 4.41. The van der Waals surface area contributed by atoms with Crippen LogP contribution in [0.3, 0.4) is 0 Å². The molecule has 2 aliphatic rings. The minimum atomic E-state index is -1.74. The van der Waals surface area contributed by atoms with Gasteiger partial charge in [-0.15, -0.1) is 0 Å². The predicted octanol–water partition coefficient (Wildman–Crippen LogP) is -1.17. The smallest absolute Gasteiger partial charge is 0.256 e. The molecule has 3 aromatic rings. The first kappa shape index (κ1) is 29.0. The maximum absolute atomic E-state index is 13.5. The van der Waals surface area contributed by atoms with Crippen molar-refractivity contribution in [2.45, 2.75) is 62.2 Å². The standard InChI is InChI=1S/C26H28O15/c1-9-17(30)20(33)22(35)26(37-9)38-12-6-13(28)16-15(7-12)39-23(10-2-4-11(27)5-3-10)24(19(16)32)40-41-25-21(34)18(31)14(29)8-36-25/h2-7,9,14,17-18,20-22,25-31,33-35H,8H2,1H3. The summed E-state index contributed by atoms with van der Waals surface area (Å²) in [7, 11) is 0. The lowest BCUT2D eigenvalue weighted by Gasteiger charge is -2.38.